The van der Waals surface area contributed by atoms with Crippen LogP contribution >= 0.6 is 0 Å². The Kier molecular flexibility index (Phi) is 9.44. The lowest BCUT2D eigenvalue weighted by molar-refractivity contribution is 0.332. The quantitative estimate of drug-likeness (QED) is 0.168. The highest BCUT2D eigenvalue weighted by molar-refractivity contribution is 6.77. The number of nitrogens with zero attached hydrogens (tertiary/aromatic N) is 1. The minimum Gasteiger partial charge on any atom is -0.354 e. The van der Waals surface area contributed by atoms with Gasteiger partial charge in [-0.1, -0.05) is 192 Å². The molecule has 1 N–H and O–H groups in total. The summed E-state index contributed by atoms with van der Waals surface area (Å²) in [5, 5.41) is 6.57. The number of aryl methyl sites for hydroxylation is 2. The first-order valence-corrected chi connectivity index (χ1v) is 23.3. The van der Waals surface area contributed by atoms with Crippen LogP contribution in [-0.4, -0.2) is 7.28 Å². The van der Waals surface area contributed by atoms with Gasteiger partial charge in [0.25, 0.3) is 0 Å². The van der Waals surface area contributed by atoms with Gasteiger partial charge in [-0.15, -0.1) is 0 Å². The smallest absolute Gasteiger partial charge is 0.198 e. The van der Waals surface area contributed by atoms with Gasteiger partial charge in [-0.05, 0) is 129 Å². The fourth-order valence-electron chi connectivity index (χ4n) is 11.7. The molecular weight excluding hydrogens is 771 g/mol. The second kappa shape index (κ2) is 15.0. The number of nitrogens with one attached hydrogen (secondary N) is 1. The summed E-state index contributed by atoms with van der Waals surface area (Å²) in [5.41, 5.74) is 22.5. The van der Waals surface area contributed by atoms with Crippen molar-refractivity contribution < 1.29 is 0 Å². The maximum Gasteiger partial charge on any atom is 0.198 e. The van der Waals surface area contributed by atoms with Gasteiger partial charge in [0.2, 0.25) is 0 Å². The number of benzene rings is 8. The molecule has 0 atom stereocenters. The fraction of sp³-hybridized carbons (Fsp3) is 0.213. The van der Waals surface area contributed by atoms with Gasteiger partial charge in [0.15, 0.2) is 7.28 Å². The van der Waals surface area contributed by atoms with Crippen LogP contribution in [0.25, 0.3) is 27.4 Å². The Labute approximate surface area is 381 Å². The van der Waals surface area contributed by atoms with Gasteiger partial charge in [-0.25, -0.2) is 0 Å². The van der Waals surface area contributed by atoms with E-state index < -0.39 is 5.41 Å². The number of rotatable bonds is 6. The summed E-state index contributed by atoms with van der Waals surface area (Å²) < 4.78 is 0. The Morgan fingerprint density at radius 2 is 1.16 bits per heavy atom. The molecule has 3 heteroatoms. The predicted molar refractivity (Wildman–Crippen MR) is 273 cm³/mol. The predicted octanol–water partition coefficient (Wildman–Crippen LogP) is 15.0. The second-order valence-corrected chi connectivity index (χ2v) is 19.7. The van der Waals surface area contributed by atoms with E-state index in [4.69, 9.17) is 0 Å². The van der Waals surface area contributed by atoms with Gasteiger partial charge in [0.05, 0.1) is 11.1 Å². The average Bonchev–Trinajstić information content (AvgIpc) is 3.32. The Morgan fingerprint density at radius 1 is 0.562 bits per heavy atom. The molecule has 0 saturated carbocycles. The summed E-state index contributed by atoms with van der Waals surface area (Å²) in [4.78, 5) is 2.65. The van der Waals surface area contributed by atoms with Gasteiger partial charge in [-0.2, -0.15) is 0 Å². The third-order valence-corrected chi connectivity index (χ3v) is 15.2. The lowest BCUT2D eigenvalue weighted by atomic mass is 9.54. The van der Waals surface area contributed by atoms with Gasteiger partial charge in [0, 0.05) is 33.7 Å². The number of allylic oxidation sites excluding steroid dienone is 1. The van der Waals surface area contributed by atoms with Crippen LogP contribution in [0.1, 0.15) is 104 Å². The Morgan fingerprint density at radius 3 is 1.88 bits per heavy atom. The van der Waals surface area contributed by atoms with Crippen LogP contribution < -0.4 is 15.7 Å². The van der Waals surface area contributed by atoms with Crippen molar-refractivity contribution in [3.05, 3.63) is 226 Å². The van der Waals surface area contributed by atoms with Crippen LogP contribution in [0.4, 0.5) is 22.7 Å². The molecule has 64 heavy (non-hydrogen) atoms. The summed E-state index contributed by atoms with van der Waals surface area (Å²) in [6, 6.07) is 63.8. The van der Waals surface area contributed by atoms with Crippen molar-refractivity contribution in [2.75, 3.05) is 10.2 Å². The monoisotopic (exact) mass is 827 g/mol. The highest BCUT2D eigenvalue weighted by Gasteiger charge is 2.45. The normalized spacial score (nSPS) is 16.5. The first-order valence-electron chi connectivity index (χ1n) is 23.3. The number of para-hydroxylation sites is 2. The van der Waals surface area contributed by atoms with E-state index in [2.05, 4.69) is 236 Å². The fourth-order valence-corrected chi connectivity index (χ4v) is 11.7. The number of fused-ring (bicyclic) bond motifs is 6. The maximum absolute atomic E-state index is 4.09. The molecule has 11 rings (SSSR count). The number of anilines is 4. The molecule has 0 unspecified atom stereocenters. The SMILES string of the molecule is CCc1ccccc1C1=C(C)N(c2cc3c(cc2C)C(C)(C)CCC3(C)C)c2c(c(-c3cccc4c3Nc3ccccc3C4(c3ccccc3)c3ccccc3)cc3ccccc23)[B]1. The summed E-state index contributed by atoms with van der Waals surface area (Å²) in [7, 11) is 2.52. The van der Waals surface area contributed by atoms with Crippen LogP contribution in [-0.2, 0) is 22.7 Å². The van der Waals surface area contributed by atoms with E-state index >= 15 is 0 Å². The molecule has 2 nitrogen and oxygen atoms in total. The molecule has 1 radical (unpaired) electrons. The molecule has 0 bridgehead atoms. The topological polar surface area (TPSA) is 15.3 Å². The molecule has 0 fully saturated rings. The molecule has 313 valence electrons. The molecule has 0 aromatic heterocycles. The van der Waals surface area contributed by atoms with Crippen LogP contribution in [0.15, 0.2) is 176 Å². The van der Waals surface area contributed by atoms with Crippen molar-refractivity contribution in [1.82, 2.24) is 0 Å². The molecule has 0 amide bonds. The largest absolute Gasteiger partial charge is 0.354 e. The molecule has 2 heterocycles. The molecule has 2 aliphatic heterocycles. The summed E-state index contributed by atoms with van der Waals surface area (Å²) in [5.74, 6) is 0. The molecule has 8 aromatic rings. The van der Waals surface area contributed by atoms with E-state index in [1.807, 2.05) is 0 Å². The van der Waals surface area contributed by atoms with E-state index in [1.165, 1.54) is 113 Å². The summed E-state index contributed by atoms with van der Waals surface area (Å²) in [6.45, 7) is 16.8. The van der Waals surface area contributed by atoms with Crippen LogP contribution in [0.2, 0.25) is 0 Å². The summed E-state index contributed by atoms with van der Waals surface area (Å²) in [6.07, 6.45) is 3.31. The van der Waals surface area contributed by atoms with E-state index in [9.17, 15) is 0 Å². The van der Waals surface area contributed by atoms with Crippen LogP contribution in [0.3, 0.4) is 0 Å². The molecular formula is C61H56BN2. The van der Waals surface area contributed by atoms with Crippen LogP contribution in [0.5, 0.6) is 0 Å². The number of hydrogen-bond acceptors (Lipinski definition) is 2. The zero-order valence-electron chi connectivity index (χ0n) is 38.3. The van der Waals surface area contributed by atoms with Gasteiger partial charge in [-0.3, -0.25) is 0 Å². The molecule has 3 aliphatic rings. The molecule has 0 saturated heterocycles. The molecule has 8 aromatic carbocycles. The average molecular weight is 828 g/mol. The van der Waals surface area contributed by atoms with Crippen molar-refractivity contribution >= 4 is 51.7 Å². The third-order valence-electron chi connectivity index (χ3n) is 15.2. The zero-order chi connectivity index (χ0) is 44.0. The van der Waals surface area contributed by atoms with Crippen LogP contribution in [0, 0.1) is 6.92 Å². The van der Waals surface area contributed by atoms with E-state index in [1.54, 1.807) is 0 Å². The maximum atomic E-state index is 4.09. The lowest BCUT2D eigenvalue weighted by Crippen LogP contribution is -2.37. The van der Waals surface area contributed by atoms with E-state index in [0.717, 1.165) is 17.8 Å². The minimum absolute atomic E-state index is 0.0618. The first-order chi connectivity index (χ1) is 31.0. The highest BCUT2D eigenvalue weighted by atomic mass is 15.2. The van der Waals surface area contributed by atoms with Crippen molar-refractivity contribution in [1.29, 1.82) is 0 Å². The van der Waals surface area contributed by atoms with E-state index in [0.29, 0.717) is 0 Å². The Balaban J connectivity index is 1.25. The Bertz CT molecular complexity index is 3130. The molecule has 0 spiro atoms. The van der Waals surface area contributed by atoms with Crippen molar-refractivity contribution in [3.63, 3.8) is 0 Å². The minimum atomic E-state index is -0.565. The number of hydrogen-bond donors (Lipinski definition) is 1. The van der Waals surface area contributed by atoms with Crippen molar-refractivity contribution in [3.8, 4) is 11.1 Å². The Hall–Kier alpha value is -6.58. The van der Waals surface area contributed by atoms with Gasteiger partial charge in [0.1, 0.15) is 0 Å². The van der Waals surface area contributed by atoms with Gasteiger partial charge >= 0.3 is 0 Å². The van der Waals surface area contributed by atoms with Crippen molar-refractivity contribution in [2.24, 2.45) is 0 Å². The third kappa shape index (κ3) is 6.00. The second-order valence-electron chi connectivity index (χ2n) is 19.7. The standard InChI is InChI=1S/C61H56BN2/c1-8-41-22-15-17-28-45(41)55-40(3)64(54-38-52-51(36-39(54)2)59(4,5)34-35-60(52,6)7)58-46-29-18-16-23-42(46)37-48(56(58)62-55)47-30-21-32-50-57(47)63-53-33-20-19-31-49(53)61(50,43-24-11-9-12-25-43)44-26-13-10-14-27-44/h9-33,36-38,63H,8,34-35H2,1-7H3. The zero-order valence-corrected chi connectivity index (χ0v) is 38.3. The summed E-state index contributed by atoms with van der Waals surface area (Å²) >= 11 is 0. The van der Waals surface area contributed by atoms with Gasteiger partial charge < -0.3 is 10.2 Å². The van der Waals surface area contributed by atoms with Crippen molar-refractivity contribution in [2.45, 2.75) is 84.0 Å². The van der Waals surface area contributed by atoms with E-state index in [-0.39, 0.29) is 10.8 Å². The first kappa shape index (κ1) is 40.2. The molecule has 1 aliphatic carbocycles. The highest BCUT2D eigenvalue weighted by Crippen LogP contribution is 2.56. The lowest BCUT2D eigenvalue weighted by Gasteiger charge is -2.44.